The lowest BCUT2D eigenvalue weighted by Gasteiger charge is -2.16. The van der Waals surface area contributed by atoms with Crippen molar-refractivity contribution in [2.75, 3.05) is 0 Å². The predicted molar refractivity (Wildman–Crippen MR) is 230 cm³/mol. The molecule has 260 valence electrons. The van der Waals surface area contributed by atoms with Gasteiger partial charge in [-0.05, 0) is 96.0 Å². The van der Waals surface area contributed by atoms with Crippen LogP contribution in [-0.2, 0) is 0 Å². The van der Waals surface area contributed by atoms with Crippen molar-refractivity contribution in [1.29, 1.82) is 5.26 Å². The van der Waals surface area contributed by atoms with Gasteiger partial charge in [0.15, 0.2) is 17.5 Å². The standard InChI is InChI=1S/C52H32N4/c53-33-34-22-24-35(25-23-34)36-26-28-37(29-27-36)46-31-48-45-21-10-8-19-43(45)47(32-49(48)44-20-9-7-18-42(44)46)40-16-11-17-41(30-40)52-55-50(38-12-3-1-4-13-38)54-51(56-52)39-14-5-2-6-15-39/h1-32H. The monoisotopic (exact) mass is 712 g/mol. The van der Waals surface area contributed by atoms with E-state index in [2.05, 4.69) is 115 Å². The first-order valence-electron chi connectivity index (χ1n) is 18.7. The van der Waals surface area contributed by atoms with Crippen LogP contribution in [0.5, 0.6) is 0 Å². The van der Waals surface area contributed by atoms with Crippen LogP contribution in [0.2, 0.25) is 0 Å². The van der Waals surface area contributed by atoms with Crippen molar-refractivity contribution in [3.63, 3.8) is 0 Å². The van der Waals surface area contributed by atoms with Gasteiger partial charge in [0.05, 0.1) is 11.6 Å². The predicted octanol–water partition coefficient (Wildman–Crippen LogP) is 13.2. The lowest BCUT2D eigenvalue weighted by molar-refractivity contribution is 1.07. The summed E-state index contributed by atoms with van der Waals surface area (Å²) in [5.41, 5.74) is 10.3. The maximum atomic E-state index is 9.24. The third-order valence-corrected chi connectivity index (χ3v) is 10.6. The fourth-order valence-corrected chi connectivity index (χ4v) is 7.77. The van der Waals surface area contributed by atoms with E-state index in [1.54, 1.807) is 0 Å². The number of hydrogen-bond acceptors (Lipinski definition) is 4. The summed E-state index contributed by atoms with van der Waals surface area (Å²) in [6.45, 7) is 0. The summed E-state index contributed by atoms with van der Waals surface area (Å²) in [6, 6.07) is 69.6. The summed E-state index contributed by atoms with van der Waals surface area (Å²) >= 11 is 0. The van der Waals surface area contributed by atoms with Gasteiger partial charge in [0.2, 0.25) is 0 Å². The molecule has 0 amide bonds. The van der Waals surface area contributed by atoms with Gasteiger partial charge in [-0.1, -0.05) is 164 Å². The average Bonchev–Trinajstić information content (AvgIpc) is 3.29. The molecule has 0 aliphatic rings. The zero-order valence-corrected chi connectivity index (χ0v) is 30.3. The molecule has 4 heteroatoms. The van der Waals surface area contributed by atoms with E-state index in [0.717, 1.165) is 44.5 Å². The van der Waals surface area contributed by atoms with Gasteiger partial charge in [-0.15, -0.1) is 0 Å². The van der Waals surface area contributed by atoms with Crippen molar-refractivity contribution in [1.82, 2.24) is 15.0 Å². The molecule has 0 spiro atoms. The molecule has 0 fully saturated rings. The zero-order chi connectivity index (χ0) is 37.4. The lowest BCUT2D eigenvalue weighted by Crippen LogP contribution is -2.00. The molecule has 4 nitrogen and oxygen atoms in total. The first-order valence-corrected chi connectivity index (χ1v) is 18.7. The Hall–Kier alpha value is -7.74. The second kappa shape index (κ2) is 13.9. The Kier molecular flexibility index (Phi) is 8.17. The van der Waals surface area contributed by atoms with Crippen molar-refractivity contribution in [3.8, 4) is 73.6 Å². The van der Waals surface area contributed by atoms with Crippen LogP contribution in [0.25, 0.3) is 99.9 Å². The van der Waals surface area contributed by atoms with Crippen LogP contribution in [0.15, 0.2) is 194 Å². The normalized spacial score (nSPS) is 11.2. The van der Waals surface area contributed by atoms with Gasteiger partial charge in [0.1, 0.15) is 0 Å². The van der Waals surface area contributed by atoms with Gasteiger partial charge < -0.3 is 0 Å². The van der Waals surface area contributed by atoms with Crippen LogP contribution in [0.4, 0.5) is 0 Å². The van der Waals surface area contributed by atoms with E-state index in [9.17, 15) is 5.26 Å². The van der Waals surface area contributed by atoms with Crippen molar-refractivity contribution < 1.29 is 0 Å². The Bertz CT molecular complexity index is 3050. The molecule has 10 aromatic rings. The minimum absolute atomic E-state index is 0.630. The van der Waals surface area contributed by atoms with E-state index in [-0.39, 0.29) is 0 Å². The summed E-state index contributed by atoms with van der Waals surface area (Å²) in [7, 11) is 0. The number of nitrogens with zero attached hydrogens (tertiary/aromatic N) is 4. The van der Waals surface area contributed by atoms with E-state index in [0.29, 0.717) is 23.0 Å². The summed E-state index contributed by atoms with van der Waals surface area (Å²) in [5, 5.41) is 16.4. The second-order valence-electron chi connectivity index (χ2n) is 13.9. The molecule has 0 aliphatic heterocycles. The second-order valence-corrected chi connectivity index (χ2v) is 13.9. The average molecular weight is 713 g/mol. The number of fused-ring (bicyclic) bond motifs is 5. The van der Waals surface area contributed by atoms with Crippen molar-refractivity contribution in [2.24, 2.45) is 0 Å². The van der Waals surface area contributed by atoms with Crippen LogP contribution in [0.3, 0.4) is 0 Å². The molecule has 0 atom stereocenters. The van der Waals surface area contributed by atoms with Crippen molar-refractivity contribution >= 4 is 32.3 Å². The van der Waals surface area contributed by atoms with Gasteiger partial charge >= 0.3 is 0 Å². The largest absolute Gasteiger partial charge is 0.208 e. The number of benzene rings is 9. The van der Waals surface area contributed by atoms with Gasteiger partial charge in [0, 0.05) is 16.7 Å². The summed E-state index contributed by atoms with van der Waals surface area (Å²) in [4.78, 5) is 14.9. The van der Waals surface area contributed by atoms with Gasteiger partial charge in [-0.25, -0.2) is 15.0 Å². The lowest BCUT2D eigenvalue weighted by atomic mass is 9.87. The Morgan fingerprint density at radius 3 is 1.20 bits per heavy atom. The minimum Gasteiger partial charge on any atom is -0.208 e. The molecular formula is C52H32N4. The summed E-state index contributed by atoms with van der Waals surface area (Å²) < 4.78 is 0. The van der Waals surface area contributed by atoms with E-state index < -0.39 is 0 Å². The molecule has 0 saturated carbocycles. The maximum absolute atomic E-state index is 9.24. The Morgan fingerprint density at radius 2 is 0.679 bits per heavy atom. The van der Waals surface area contributed by atoms with E-state index in [1.807, 2.05) is 84.9 Å². The van der Waals surface area contributed by atoms with Crippen molar-refractivity contribution in [3.05, 3.63) is 200 Å². The first-order chi connectivity index (χ1) is 27.7. The molecule has 0 radical (unpaired) electrons. The molecule has 1 heterocycles. The highest BCUT2D eigenvalue weighted by atomic mass is 15.0. The number of rotatable bonds is 6. The van der Waals surface area contributed by atoms with Crippen LogP contribution >= 0.6 is 0 Å². The highest BCUT2D eigenvalue weighted by Gasteiger charge is 2.17. The van der Waals surface area contributed by atoms with Crippen LogP contribution in [0.1, 0.15) is 5.56 Å². The fraction of sp³-hybridized carbons (Fsp3) is 0. The molecule has 0 bridgehead atoms. The van der Waals surface area contributed by atoms with E-state index in [4.69, 9.17) is 15.0 Å². The summed E-state index contributed by atoms with van der Waals surface area (Å²) in [5.74, 6) is 1.91. The minimum atomic E-state index is 0.630. The molecule has 10 rings (SSSR count). The molecule has 0 unspecified atom stereocenters. The smallest absolute Gasteiger partial charge is 0.164 e. The Labute approximate surface area is 324 Å². The molecule has 0 N–H and O–H groups in total. The van der Waals surface area contributed by atoms with Crippen LogP contribution in [-0.4, -0.2) is 15.0 Å². The van der Waals surface area contributed by atoms with Gasteiger partial charge in [0.25, 0.3) is 0 Å². The molecular weight excluding hydrogens is 681 g/mol. The Morgan fingerprint density at radius 1 is 0.286 bits per heavy atom. The summed E-state index contributed by atoms with van der Waals surface area (Å²) in [6.07, 6.45) is 0. The Balaban J connectivity index is 1.12. The third-order valence-electron chi connectivity index (χ3n) is 10.6. The molecule has 0 aliphatic carbocycles. The van der Waals surface area contributed by atoms with Crippen molar-refractivity contribution in [2.45, 2.75) is 0 Å². The van der Waals surface area contributed by atoms with Gasteiger partial charge in [-0.2, -0.15) is 5.26 Å². The SMILES string of the molecule is N#Cc1ccc(-c2ccc(-c3cc4c5ccccc5c(-c5cccc(-c6nc(-c7ccccc7)nc(-c7ccccc7)n6)c5)cc4c4ccccc34)cc2)cc1. The highest BCUT2D eigenvalue weighted by molar-refractivity contribution is 6.23. The van der Waals surface area contributed by atoms with E-state index in [1.165, 1.54) is 37.9 Å². The number of aromatic nitrogens is 3. The quantitative estimate of drug-likeness (QED) is 0.161. The first kappa shape index (κ1) is 32.9. The fourth-order valence-electron chi connectivity index (χ4n) is 7.77. The van der Waals surface area contributed by atoms with Gasteiger partial charge in [-0.3, -0.25) is 0 Å². The topological polar surface area (TPSA) is 62.5 Å². The van der Waals surface area contributed by atoms with Crippen LogP contribution < -0.4 is 0 Å². The van der Waals surface area contributed by atoms with Crippen LogP contribution in [0, 0.1) is 11.3 Å². The zero-order valence-electron chi connectivity index (χ0n) is 30.3. The third kappa shape index (κ3) is 5.94. The highest BCUT2D eigenvalue weighted by Crippen LogP contribution is 2.42. The molecule has 1 aromatic heterocycles. The van der Waals surface area contributed by atoms with E-state index >= 15 is 0 Å². The molecule has 9 aromatic carbocycles. The maximum Gasteiger partial charge on any atom is 0.164 e. The molecule has 56 heavy (non-hydrogen) atoms. The number of hydrogen-bond donors (Lipinski definition) is 0. The molecule has 0 saturated heterocycles. The number of nitriles is 1.